The van der Waals surface area contributed by atoms with Crippen LogP contribution in [0.15, 0.2) is 12.1 Å². The number of anilines is 1. The Bertz CT molecular complexity index is 330. The quantitative estimate of drug-likeness (QED) is 0.456. The van der Waals surface area contributed by atoms with E-state index in [0.29, 0.717) is 0 Å². The van der Waals surface area contributed by atoms with Crippen molar-refractivity contribution in [1.82, 2.24) is 0 Å². The maximum Gasteiger partial charge on any atom is 0.0358 e. The Morgan fingerprint density at radius 1 is 1.25 bits per heavy atom. The van der Waals surface area contributed by atoms with Gasteiger partial charge in [-0.3, -0.25) is 0 Å². The smallest absolute Gasteiger partial charge is 0.0358 e. The number of nitrogen functional groups attached to an aromatic ring is 1. The summed E-state index contributed by atoms with van der Waals surface area (Å²) in [4.78, 5) is 0. The normalized spacial score (nSPS) is 8.92. The highest BCUT2D eigenvalue weighted by atomic mass is 14.6. The fraction of sp³-hybridized carbons (Fsp3) is 0.273. The van der Waals surface area contributed by atoms with Gasteiger partial charge in [-0.05, 0) is 44.0 Å². The minimum atomic E-state index is 0.827. The van der Waals surface area contributed by atoms with Crippen molar-refractivity contribution in [2.45, 2.75) is 20.8 Å². The molecule has 0 saturated heterocycles. The lowest BCUT2D eigenvalue weighted by Gasteiger charge is -2.04. The van der Waals surface area contributed by atoms with E-state index in [1.165, 1.54) is 5.56 Å². The lowest BCUT2D eigenvalue weighted by molar-refractivity contribution is 1.34. The van der Waals surface area contributed by atoms with E-state index in [1.807, 2.05) is 26.8 Å². The maximum atomic E-state index is 5.78. The van der Waals surface area contributed by atoms with E-state index in [1.54, 1.807) is 0 Å². The van der Waals surface area contributed by atoms with Gasteiger partial charge in [0.1, 0.15) is 0 Å². The molecule has 0 amide bonds. The fourth-order valence-electron chi connectivity index (χ4n) is 1.10. The summed E-state index contributed by atoms with van der Waals surface area (Å²) < 4.78 is 0. The van der Waals surface area contributed by atoms with Crippen LogP contribution >= 0.6 is 0 Å². The molecule has 0 aliphatic heterocycles. The summed E-state index contributed by atoms with van der Waals surface area (Å²) in [5.74, 6) is 5.84. The van der Waals surface area contributed by atoms with E-state index in [0.717, 1.165) is 16.8 Å². The molecule has 0 aliphatic carbocycles. The number of nitrogens with two attached hydrogens (primary N) is 1. The minimum Gasteiger partial charge on any atom is -0.398 e. The average molecular weight is 159 g/mol. The molecule has 1 aromatic rings. The molecule has 0 heterocycles. The van der Waals surface area contributed by atoms with Gasteiger partial charge < -0.3 is 5.73 Å². The topological polar surface area (TPSA) is 26.0 Å². The predicted molar refractivity (Wildman–Crippen MR) is 52.9 cm³/mol. The summed E-state index contributed by atoms with van der Waals surface area (Å²) in [6.07, 6.45) is 0. The highest BCUT2D eigenvalue weighted by Crippen LogP contribution is 2.17. The van der Waals surface area contributed by atoms with Crippen molar-refractivity contribution >= 4 is 5.69 Å². The van der Waals surface area contributed by atoms with Crippen LogP contribution in [-0.4, -0.2) is 0 Å². The van der Waals surface area contributed by atoms with Crippen LogP contribution in [0.1, 0.15) is 23.6 Å². The molecule has 0 aliphatic rings. The minimum absolute atomic E-state index is 0.827. The molecule has 62 valence electrons. The number of rotatable bonds is 0. The van der Waals surface area contributed by atoms with Gasteiger partial charge in [0.15, 0.2) is 0 Å². The van der Waals surface area contributed by atoms with Crippen LogP contribution in [0.25, 0.3) is 0 Å². The third kappa shape index (κ3) is 1.60. The van der Waals surface area contributed by atoms with Gasteiger partial charge >= 0.3 is 0 Å². The Kier molecular flexibility index (Phi) is 2.40. The number of aryl methyl sites for hydroxylation is 1. The number of benzene rings is 1. The zero-order valence-corrected chi connectivity index (χ0v) is 7.73. The number of hydrogen-bond acceptors (Lipinski definition) is 1. The van der Waals surface area contributed by atoms with Crippen LogP contribution in [0.4, 0.5) is 5.69 Å². The second-order valence-corrected chi connectivity index (χ2v) is 2.88. The van der Waals surface area contributed by atoms with Crippen molar-refractivity contribution in [3.8, 4) is 11.8 Å². The molecule has 1 heteroatoms. The van der Waals surface area contributed by atoms with Crippen LogP contribution in [0.2, 0.25) is 0 Å². The van der Waals surface area contributed by atoms with Crippen molar-refractivity contribution in [2.75, 3.05) is 5.73 Å². The molecule has 1 aromatic carbocycles. The summed E-state index contributed by atoms with van der Waals surface area (Å²) in [6.45, 7) is 5.89. The third-order valence-corrected chi connectivity index (χ3v) is 1.98. The molecular formula is C11H13N. The van der Waals surface area contributed by atoms with Crippen molar-refractivity contribution in [3.63, 3.8) is 0 Å². The van der Waals surface area contributed by atoms with Gasteiger partial charge in [-0.15, -0.1) is 5.92 Å². The SMILES string of the molecule is CC#Cc1cc(C)c(C)c(N)c1. The van der Waals surface area contributed by atoms with Crippen LogP contribution in [-0.2, 0) is 0 Å². The monoisotopic (exact) mass is 159 g/mol. The van der Waals surface area contributed by atoms with Crippen LogP contribution in [0.3, 0.4) is 0 Å². The van der Waals surface area contributed by atoms with Crippen molar-refractivity contribution < 1.29 is 0 Å². The molecule has 0 spiro atoms. The molecule has 1 nitrogen and oxygen atoms in total. The highest BCUT2D eigenvalue weighted by Gasteiger charge is 1.98. The van der Waals surface area contributed by atoms with Gasteiger partial charge in [0, 0.05) is 11.3 Å². The molecule has 0 radical (unpaired) electrons. The maximum absolute atomic E-state index is 5.78. The average Bonchev–Trinajstić information content (AvgIpc) is 2.01. The first-order valence-electron chi connectivity index (χ1n) is 3.94. The number of hydrogen-bond donors (Lipinski definition) is 1. The first kappa shape index (κ1) is 8.67. The van der Waals surface area contributed by atoms with Gasteiger partial charge in [0.25, 0.3) is 0 Å². The lowest BCUT2D eigenvalue weighted by Crippen LogP contribution is -1.93. The summed E-state index contributed by atoms with van der Waals surface area (Å²) in [5, 5.41) is 0. The Morgan fingerprint density at radius 2 is 1.92 bits per heavy atom. The molecule has 1 rings (SSSR count). The Balaban J connectivity index is 3.27. The fourth-order valence-corrected chi connectivity index (χ4v) is 1.10. The molecule has 2 N–H and O–H groups in total. The molecule has 0 fully saturated rings. The predicted octanol–water partition coefficient (Wildman–Crippen LogP) is 2.26. The van der Waals surface area contributed by atoms with E-state index in [4.69, 9.17) is 5.73 Å². The first-order valence-corrected chi connectivity index (χ1v) is 3.94. The molecule has 12 heavy (non-hydrogen) atoms. The van der Waals surface area contributed by atoms with Crippen LogP contribution in [0, 0.1) is 25.7 Å². The molecule has 0 saturated carbocycles. The Hall–Kier alpha value is -1.42. The molecule has 0 unspecified atom stereocenters. The lowest BCUT2D eigenvalue weighted by atomic mass is 10.0. The van der Waals surface area contributed by atoms with E-state index in [2.05, 4.69) is 17.9 Å². The highest BCUT2D eigenvalue weighted by molar-refractivity contribution is 5.55. The zero-order chi connectivity index (χ0) is 9.14. The molecule has 0 bridgehead atoms. The Morgan fingerprint density at radius 3 is 2.42 bits per heavy atom. The molecular weight excluding hydrogens is 146 g/mol. The van der Waals surface area contributed by atoms with E-state index < -0.39 is 0 Å². The van der Waals surface area contributed by atoms with Gasteiger partial charge in [-0.2, -0.15) is 0 Å². The largest absolute Gasteiger partial charge is 0.398 e. The van der Waals surface area contributed by atoms with Gasteiger partial charge in [0.2, 0.25) is 0 Å². The van der Waals surface area contributed by atoms with Crippen LogP contribution < -0.4 is 5.73 Å². The second kappa shape index (κ2) is 3.32. The third-order valence-electron chi connectivity index (χ3n) is 1.98. The molecule has 0 aromatic heterocycles. The second-order valence-electron chi connectivity index (χ2n) is 2.88. The van der Waals surface area contributed by atoms with Crippen molar-refractivity contribution in [3.05, 3.63) is 28.8 Å². The van der Waals surface area contributed by atoms with Gasteiger partial charge in [-0.25, -0.2) is 0 Å². The standard InChI is InChI=1S/C11H13N/c1-4-5-10-6-8(2)9(3)11(12)7-10/h6-7H,12H2,1-3H3. The zero-order valence-electron chi connectivity index (χ0n) is 7.73. The van der Waals surface area contributed by atoms with Crippen molar-refractivity contribution in [2.24, 2.45) is 0 Å². The summed E-state index contributed by atoms with van der Waals surface area (Å²) in [7, 11) is 0. The van der Waals surface area contributed by atoms with E-state index in [-0.39, 0.29) is 0 Å². The summed E-state index contributed by atoms with van der Waals surface area (Å²) in [5.41, 5.74) is 9.96. The van der Waals surface area contributed by atoms with E-state index >= 15 is 0 Å². The van der Waals surface area contributed by atoms with Gasteiger partial charge in [0.05, 0.1) is 0 Å². The van der Waals surface area contributed by atoms with Crippen molar-refractivity contribution in [1.29, 1.82) is 0 Å². The first-order chi connectivity index (χ1) is 5.65. The van der Waals surface area contributed by atoms with Crippen LogP contribution in [0.5, 0.6) is 0 Å². The molecule has 0 atom stereocenters. The summed E-state index contributed by atoms with van der Waals surface area (Å²) >= 11 is 0. The van der Waals surface area contributed by atoms with E-state index in [9.17, 15) is 0 Å². The van der Waals surface area contributed by atoms with Gasteiger partial charge in [-0.1, -0.05) is 5.92 Å². The Labute approximate surface area is 73.6 Å². The summed E-state index contributed by atoms with van der Waals surface area (Å²) in [6, 6.07) is 3.97.